The van der Waals surface area contributed by atoms with E-state index in [-0.39, 0.29) is 16.9 Å². The summed E-state index contributed by atoms with van der Waals surface area (Å²) in [6.45, 7) is 0. The standard InChI is InChI=1S/C12H8F4N2/c13-8-4-2-1-3-7(8)11-9(17)5-6-10(18-11)12(14,15)16/h1-6H,17H2. The average molecular weight is 256 g/mol. The molecule has 0 spiro atoms. The summed E-state index contributed by atoms with van der Waals surface area (Å²) in [4.78, 5) is 3.38. The molecule has 2 rings (SSSR count). The Balaban J connectivity index is 2.61. The van der Waals surface area contributed by atoms with Gasteiger partial charge in [-0.25, -0.2) is 9.37 Å². The molecule has 0 aliphatic heterocycles. The minimum Gasteiger partial charge on any atom is -0.397 e. The number of rotatable bonds is 1. The largest absolute Gasteiger partial charge is 0.433 e. The molecule has 18 heavy (non-hydrogen) atoms. The van der Waals surface area contributed by atoms with Gasteiger partial charge in [0.25, 0.3) is 0 Å². The first kappa shape index (κ1) is 12.3. The Morgan fingerprint density at radius 3 is 2.28 bits per heavy atom. The summed E-state index contributed by atoms with van der Waals surface area (Å²) in [5.74, 6) is -0.670. The highest BCUT2D eigenvalue weighted by Gasteiger charge is 2.33. The summed E-state index contributed by atoms with van der Waals surface area (Å²) in [5, 5.41) is 0. The molecule has 0 saturated carbocycles. The lowest BCUT2D eigenvalue weighted by atomic mass is 10.1. The second kappa shape index (κ2) is 4.29. The van der Waals surface area contributed by atoms with Crippen molar-refractivity contribution in [2.45, 2.75) is 6.18 Å². The number of alkyl halides is 3. The van der Waals surface area contributed by atoms with Gasteiger partial charge in [0, 0.05) is 5.56 Å². The van der Waals surface area contributed by atoms with Crippen LogP contribution in [0.15, 0.2) is 36.4 Å². The number of nitrogens with zero attached hydrogens (tertiary/aromatic N) is 1. The van der Waals surface area contributed by atoms with Crippen molar-refractivity contribution in [3.8, 4) is 11.3 Å². The fourth-order valence-corrected chi connectivity index (χ4v) is 1.50. The first-order valence-corrected chi connectivity index (χ1v) is 4.98. The van der Waals surface area contributed by atoms with Crippen molar-refractivity contribution in [2.75, 3.05) is 5.73 Å². The van der Waals surface area contributed by atoms with Crippen molar-refractivity contribution in [3.63, 3.8) is 0 Å². The lowest BCUT2D eigenvalue weighted by Gasteiger charge is -2.10. The predicted molar refractivity (Wildman–Crippen MR) is 59.0 cm³/mol. The third-order valence-electron chi connectivity index (χ3n) is 2.35. The molecule has 0 radical (unpaired) electrons. The topological polar surface area (TPSA) is 38.9 Å². The number of hydrogen-bond donors (Lipinski definition) is 1. The molecule has 2 N–H and O–H groups in total. The van der Waals surface area contributed by atoms with Crippen LogP contribution >= 0.6 is 0 Å². The lowest BCUT2D eigenvalue weighted by Crippen LogP contribution is -2.09. The van der Waals surface area contributed by atoms with Gasteiger partial charge in [-0.2, -0.15) is 13.2 Å². The molecule has 0 bridgehead atoms. The Bertz CT molecular complexity index is 579. The summed E-state index contributed by atoms with van der Waals surface area (Å²) < 4.78 is 51.1. The maximum absolute atomic E-state index is 13.5. The number of nitrogen functional groups attached to an aromatic ring is 1. The van der Waals surface area contributed by atoms with Crippen LogP contribution in [0.25, 0.3) is 11.3 Å². The van der Waals surface area contributed by atoms with Crippen molar-refractivity contribution < 1.29 is 17.6 Å². The second-order valence-electron chi connectivity index (χ2n) is 3.61. The maximum Gasteiger partial charge on any atom is 0.433 e. The Kier molecular flexibility index (Phi) is 2.94. The Morgan fingerprint density at radius 1 is 1.00 bits per heavy atom. The van der Waals surface area contributed by atoms with Crippen LogP contribution in [-0.2, 0) is 6.18 Å². The van der Waals surface area contributed by atoms with E-state index in [9.17, 15) is 17.6 Å². The normalized spacial score (nSPS) is 11.6. The molecular formula is C12H8F4N2. The van der Waals surface area contributed by atoms with Crippen molar-refractivity contribution in [3.05, 3.63) is 47.9 Å². The highest BCUT2D eigenvalue weighted by molar-refractivity contribution is 5.72. The number of hydrogen-bond acceptors (Lipinski definition) is 2. The van der Waals surface area contributed by atoms with Crippen molar-refractivity contribution in [2.24, 2.45) is 0 Å². The van der Waals surface area contributed by atoms with E-state index < -0.39 is 17.7 Å². The van der Waals surface area contributed by atoms with Gasteiger partial charge in [-0.3, -0.25) is 0 Å². The smallest absolute Gasteiger partial charge is 0.397 e. The molecule has 6 heteroatoms. The zero-order chi connectivity index (χ0) is 13.3. The van der Waals surface area contributed by atoms with Crippen LogP contribution in [0.2, 0.25) is 0 Å². The van der Waals surface area contributed by atoms with E-state index in [2.05, 4.69) is 4.98 Å². The lowest BCUT2D eigenvalue weighted by molar-refractivity contribution is -0.141. The summed E-state index contributed by atoms with van der Waals surface area (Å²) in [7, 11) is 0. The molecule has 1 aromatic carbocycles. The fraction of sp³-hybridized carbons (Fsp3) is 0.0833. The third-order valence-corrected chi connectivity index (χ3v) is 2.35. The van der Waals surface area contributed by atoms with Gasteiger partial charge in [0.2, 0.25) is 0 Å². The second-order valence-corrected chi connectivity index (χ2v) is 3.61. The predicted octanol–water partition coefficient (Wildman–Crippen LogP) is 3.49. The van der Waals surface area contributed by atoms with Gasteiger partial charge in [0.1, 0.15) is 11.5 Å². The van der Waals surface area contributed by atoms with E-state index in [1.807, 2.05) is 0 Å². The Hall–Kier alpha value is -2.11. The zero-order valence-electron chi connectivity index (χ0n) is 9.00. The molecule has 0 unspecified atom stereocenters. The van der Waals surface area contributed by atoms with Crippen LogP contribution in [0.1, 0.15) is 5.69 Å². The van der Waals surface area contributed by atoms with Gasteiger partial charge < -0.3 is 5.73 Å². The zero-order valence-corrected chi connectivity index (χ0v) is 9.00. The average Bonchev–Trinajstić information content (AvgIpc) is 2.29. The molecule has 0 fully saturated rings. The van der Waals surface area contributed by atoms with Crippen LogP contribution in [0.4, 0.5) is 23.2 Å². The van der Waals surface area contributed by atoms with Crippen LogP contribution < -0.4 is 5.73 Å². The van der Waals surface area contributed by atoms with Crippen molar-refractivity contribution >= 4 is 5.69 Å². The van der Waals surface area contributed by atoms with Gasteiger partial charge in [-0.05, 0) is 24.3 Å². The van der Waals surface area contributed by atoms with Gasteiger partial charge in [-0.15, -0.1) is 0 Å². The molecule has 0 saturated heterocycles. The molecular weight excluding hydrogens is 248 g/mol. The van der Waals surface area contributed by atoms with Crippen LogP contribution in [0.3, 0.4) is 0 Å². The number of pyridine rings is 1. The Morgan fingerprint density at radius 2 is 1.67 bits per heavy atom. The molecule has 94 valence electrons. The molecule has 0 amide bonds. The fourth-order valence-electron chi connectivity index (χ4n) is 1.50. The van der Waals surface area contributed by atoms with Crippen molar-refractivity contribution in [1.29, 1.82) is 0 Å². The van der Waals surface area contributed by atoms with Gasteiger partial charge >= 0.3 is 6.18 Å². The first-order chi connectivity index (χ1) is 8.39. The minimum atomic E-state index is -4.59. The van der Waals surface area contributed by atoms with E-state index in [0.717, 1.165) is 18.2 Å². The summed E-state index contributed by atoms with van der Waals surface area (Å²) in [6.07, 6.45) is -4.59. The molecule has 0 atom stereocenters. The molecule has 2 nitrogen and oxygen atoms in total. The molecule has 1 aromatic heterocycles. The highest BCUT2D eigenvalue weighted by Crippen LogP contribution is 2.32. The molecule has 1 heterocycles. The molecule has 0 aliphatic rings. The SMILES string of the molecule is Nc1ccc(C(F)(F)F)nc1-c1ccccc1F. The van der Waals surface area contributed by atoms with E-state index in [0.29, 0.717) is 0 Å². The van der Waals surface area contributed by atoms with Gasteiger partial charge in [0.05, 0.1) is 11.4 Å². The van der Waals surface area contributed by atoms with E-state index in [4.69, 9.17) is 5.73 Å². The van der Waals surface area contributed by atoms with E-state index in [1.165, 1.54) is 18.2 Å². The Labute approximate surface area is 100 Å². The van der Waals surface area contributed by atoms with E-state index in [1.54, 1.807) is 0 Å². The summed E-state index contributed by atoms with van der Waals surface area (Å²) in [6, 6.07) is 7.23. The number of aromatic nitrogens is 1. The quantitative estimate of drug-likeness (QED) is 0.793. The summed E-state index contributed by atoms with van der Waals surface area (Å²) >= 11 is 0. The molecule has 2 aromatic rings. The van der Waals surface area contributed by atoms with Gasteiger partial charge in [-0.1, -0.05) is 12.1 Å². The third kappa shape index (κ3) is 2.27. The van der Waals surface area contributed by atoms with Crippen LogP contribution in [0, 0.1) is 5.82 Å². The van der Waals surface area contributed by atoms with Crippen LogP contribution in [0.5, 0.6) is 0 Å². The summed E-state index contributed by atoms with van der Waals surface area (Å²) in [5.41, 5.74) is 4.17. The minimum absolute atomic E-state index is 0.00639. The first-order valence-electron chi connectivity index (χ1n) is 4.98. The van der Waals surface area contributed by atoms with E-state index >= 15 is 0 Å². The van der Waals surface area contributed by atoms with Crippen LogP contribution in [-0.4, -0.2) is 4.98 Å². The number of benzene rings is 1. The monoisotopic (exact) mass is 256 g/mol. The number of nitrogens with two attached hydrogens (primary N) is 1. The number of anilines is 1. The van der Waals surface area contributed by atoms with Crippen molar-refractivity contribution in [1.82, 2.24) is 4.98 Å². The van der Waals surface area contributed by atoms with Gasteiger partial charge in [0.15, 0.2) is 0 Å². The highest BCUT2D eigenvalue weighted by atomic mass is 19.4. The molecule has 0 aliphatic carbocycles. The number of halogens is 4. The maximum atomic E-state index is 13.5.